The number of fused-ring (bicyclic) bond motifs is 1. The number of benzene rings is 1. The number of phenolic OH excluding ortho intramolecular Hbond substituents is 1. The Morgan fingerprint density at radius 3 is 2.93 bits per heavy atom. The molecule has 0 radical (unpaired) electrons. The molecule has 1 aromatic heterocycles. The van der Waals surface area contributed by atoms with E-state index in [4.69, 9.17) is 16.3 Å². The monoisotopic (exact) mass is 209 g/mol. The summed E-state index contributed by atoms with van der Waals surface area (Å²) in [5.74, 6) is 0.495. The molecule has 1 heterocycles. The third-order valence-corrected chi connectivity index (χ3v) is 2.32. The zero-order chi connectivity index (χ0) is 10.1. The van der Waals surface area contributed by atoms with Crippen LogP contribution in [0.5, 0.6) is 11.5 Å². The number of pyridine rings is 1. The Balaban J connectivity index is 2.79. The van der Waals surface area contributed by atoms with Crippen molar-refractivity contribution < 1.29 is 9.84 Å². The van der Waals surface area contributed by atoms with Crippen LogP contribution >= 0.6 is 11.6 Å². The second-order valence-corrected chi connectivity index (χ2v) is 3.20. The minimum absolute atomic E-state index is 0.0647. The van der Waals surface area contributed by atoms with Gasteiger partial charge in [-0.3, -0.25) is 0 Å². The van der Waals surface area contributed by atoms with Gasteiger partial charge in [0.2, 0.25) is 0 Å². The molecule has 4 heteroatoms. The Morgan fingerprint density at radius 2 is 2.21 bits per heavy atom. The van der Waals surface area contributed by atoms with Crippen molar-refractivity contribution in [3.05, 3.63) is 29.5 Å². The summed E-state index contributed by atoms with van der Waals surface area (Å²) < 4.78 is 4.98. The summed E-state index contributed by atoms with van der Waals surface area (Å²) in [4.78, 5) is 3.92. The second kappa shape index (κ2) is 3.35. The fraction of sp³-hybridized carbons (Fsp3) is 0.100. The Hall–Kier alpha value is -1.48. The van der Waals surface area contributed by atoms with E-state index in [0.29, 0.717) is 16.3 Å². The van der Waals surface area contributed by atoms with Gasteiger partial charge in [-0.05, 0) is 23.6 Å². The van der Waals surface area contributed by atoms with Crippen LogP contribution in [0.15, 0.2) is 24.4 Å². The van der Waals surface area contributed by atoms with E-state index in [2.05, 4.69) is 4.98 Å². The second-order valence-electron chi connectivity index (χ2n) is 2.85. The number of ether oxygens (including phenoxy) is 1. The van der Waals surface area contributed by atoms with Gasteiger partial charge < -0.3 is 9.84 Å². The number of aromatic hydroxyl groups is 1. The van der Waals surface area contributed by atoms with Gasteiger partial charge in [0.15, 0.2) is 11.5 Å². The van der Waals surface area contributed by atoms with Crippen molar-refractivity contribution in [1.82, 2.24) is 4.98 Å². The number of methoxy groups -OCH3 is 1. The standard InChI is InChI=1S/C10H8ClNO2/c1-14-9-4-6-2-3-12-10(11)7(6)5-8(9)13/h2-5,13H,1H3. The number of nitrogens with zero attached hydrogens (tertiary/aromatic N) is 1. The maximum atomic E-state index is 9.52. The molecule has 3 nitrogen and oxygen atoms in total. The van der Waals surface area contributed by atoms with Gasteiger partial charge in [-0.2, -0.15) is 0 Å². The molecule has 0 spiro atoms. The van der Waals surface area contributed by atoms with E-state index in [-0.39, 0.29) is 5.75 Å². The van der Waals surface area contributed by atoms with Gasteiger partial charge in [0.25, 0.3) is 0 Å². The van der Waals surface area contributed by atoms with Crippen LogP contribution in [-0.2, 0) is 0 Å². The molecule has 0 unspecified atom stereocenters. The highest BCUT2D eigenvalue weighted by atomic mass is 35.5. The quantitative estimate of drug-likeness (QED) is 0.735. The Kier molecular flexibility index (Phi) is 2.17. The number of hydrogen-bond acceptors (Lipinski definition) is 3. The van der Waals surface area contributed by atoms with E-state index in [0.717, 1.165) is 5.39 Å². The maximum absolute atomic E-state index is 9.52. The number of halogens is 1. The fourth-order valence-corrected chi connectivity index (χ4v) is 1.54. The van der Waals surface area contributed by atoms with Crippen molar-refractivity contribution in [1.29, 1.82) is 0 Å². The molecule has 0 atom stereocenters. The molecular formula is C10H8ClNO2. The minimum Gasteiger partial charge on any atom is -0.504 e. The molecule has 0 saturated carbocycles. The topological polar surface area (TPSA) is 42.4 Å². The van der Waals surface area contributed by atoms with Crippen LogP contribution in [0.25, 0.3) is 10.8 Å². The number of hydrogen-bond donors (Lipinski definition) is 1. The SMILES string of the molecule is COc1cc2ccnc(Cl)c2cc1O. The summed E-state index contributed by atoms with van der Waals surface area (Å²) in [5, 5.41) is 11.5. The molecule has 0 amide bonds. The van der Waals surface area contributed by atoms with Gasteiger partial charge in [-0.25, -0.2) is 4.98 Å². The highest BCUT2D eigenvalue weighted by molar-refractivity contribution is 6.34. The van der Waals surface area contributed by atoms with Crippen molar-refractivity contribution in [3.8, 4) is 11.5 Å². The molecule has 0 fully saturated rings. The van der Waals surface area contributed by atoms with Gasteiger partial charge in [0, 0.05) is 11.6 Å². The molecule has 14 heavy (non-hydrogen) atoms. The molecule has 0 aliphatic rings. The molecule has 0 saturated heterocycles. The predicted octanol–water partition coefficient (Wildman–Crippen LogP) is 2.60. The summed E-state index contributed by atoms with van der Waals surface area (Å²) in [6.07, 6.45) is 1.61. The van der Waals surface area contributed by atoms with Crippen molar-refractivity contribution >= 4 is 22.4 Å². The molecular weight excluding hydrogens is 202 g/mol. The van der Waals surface area contributed by atoms with E-state index in [1.807, 2.05) is 6.07 Å². The maximum Gasteiger partial charge on any atom is 0.161 e. The third-order valence-electron chi connectivity index (χ3n) is 2.02. The van der Waals surface area contributed by atoms with E-state index in [9.17, 15) is 5.11 Å². The summed E-state index contributed by atoms with van der Waals surface area (Å²) in [7, 11) is 1.50. The van der Waals surface area contributed by atoms with Crippen LogP contribution < -0.4 is 4.74 Å². The van der Waals surface area contributed by atoms with Crippen LogP contribution in [0, 0.1) is 0 Å². The van der Waals surface area contributed by atoms with Crippen LogP contribution in [0.3, 0.4) is 0 Å². The number of rotatable bonds is 1. The number of aromatic nitrogens is 1. The molecule has 1 aromatic carbocycles. The summed E-state index contributed by atoms with van der Waals surface area (Å²) in [6.45, 7) is 0. The van der Waals surface area contributed by atoms with Crippen LogP contribution in [-0.4, -0.2) is 17.2 Å². The van der Waals surface area contributed by atoms with Gasteiger partial charge >= 0.3 is 0 Å². The average molecular weight is 210 g/mol. The normalized spacial score (nSPS) is 10.4. The first-order valence-corrected chi connectivity index (χ1v) is 4.41. The molecule has 0 aliphatic heterocycles. The molecule has 0 aliphatic carbocycles. The first-order chi connectivity index (χ1) is 6.72. The molecule has 2 rings (SSSR count). The van der Waals surface area contributed by atoms with Crippen LogP contribution in [0.4, 0.5) is 0 Å². The Labute approximate surface area is 85.9 Å². The fourth-order valence-electron chi connectivity index (χ4n) is 1.32. The first kappa shape index (κ1) is 9.09. The zero-order valence-electron chi connectivity index (χ0n) is 7.49. The molecule has 1 N–H and O–H groups in total. The van der Waals surface area contributed by atoms with Crippen molar-refractivity contribution in [3.63, 3.8) is 0 Å². The lowest BCUT2D eigenvalue weighted by Gasteiger charge is -2.05. The van der Waals surface area contributed by atoms with E-state index < -0.39 is 0 Å². The minimum atomic E-state index is 0.0647. The summed E-state index contributed by atoms with van der Waals surface area (Å²) in [5.41, 5.74) is 0. The molecule has 72 valence electrons. The largest absolute Gasteiger partial charge is 0.504 e. The Morgan fingerprint density at radius 1 is 1.43 bits per heavy atom. The van der Waals surface area contributed by atoms with Crippen molar-refractivity contribution in [2.75, 3.05) is 7.11 Å². The van der Waals surface area contributed by atoms with Gasteiger partial charge in [-0.1, -0.05) is 11.6 Å². The van der Waals surface area contributed by atoms with Crippen molar-refractivity contribution in [2.24, 2.45) is 0 Å². The lowest BCUT2D eigenvalue weighted by molar-refractivity contribution is 0.374. The molecule has 2 aromatic rings. The highest BCUT2D eigenvalue weighted by Crippen LogP contribution is 2.33. The van der Waals surface area contributed by atoms with E-state index in [1.54, 1.807) is 18.3 Å². The highest BCUT2D eigenvalue weighted by Gasteiger charge is 2.06. The first-order valence-electron chi connectivity index (χ1n) is 4.03. The van der Waals surface area contributed by atoms with Gasteiger partial charge in [-0.15, -0.1) is 0 Å². The van der Waals surface area contributed by atoms with Gasteiger partial charge in [0.05, 0.1) is 7.11 Å². The van der Waals surface area contributed by atoms with E-state index in [1.165, 1.54) is 7.11 Å². The Bertz CT molecular complexity index is 485. The van der Waals surface area contributed by atoms with Gasteiger partial charge in [0.1, 0.15) is 5.15 Å². The van der Waals surface area contributed by atoms with E-state index >= 15 is 0 Å². The summed E-state index contributed by atoms with van der Waals surface area (Å²) >= 11 is 5.86. The average Bonchev–Trinajstić information content (AvgIpc) is 2.19. The van der Waals surface area contributed by atoms with Crippen LogP contribution in [0.1, 0.15) is 0 Å². The summed E-state index contributed by atoms with van der Waals surface area (Å²) in [6, 6.07) is 5.07. The van der Waals surface area contributed by atoms with Crippen molar-refractivity contribution in [2.45, 2.75) is 0 Å². The third kappa shape index (κ3) is 1.36. The lowest BCUT2D eigenvalue weighted by atomic mass is 10.1. The zero-order valence-corrected chi connectivity index (χ0v) is 8.25. The van der Waals surface area contributed by atoms with Crippen LogP contribution in [0.2, 0.25) is 5.15 Å². The number of phenols is 1. The predicted molar refractivity (Wildman–Crippen MR) is 55.0 cm³/mol. The molecule has 0 bridgehead atoms. The smallest absolute Gasteiger partial charge is 0.161 e. The lowest BCUT2D eigenvalue weighted by Crippen LogP contribution is -1.85.